The van der Waals surface area contributed by atoms with E-state index in [0.717, 1.165) is 55.1 Å². The van der Waals surface area contributed by atoms with Gasteiger partial charge in [-0.15, -0.1) is 11.3 Å². The quantitative estimate of drug-likeness (QED) is 0.895. The lowest BCUT2D eigenvalue weighted by Crippen LogP contribution is -2.39. The lowest BCUT2D eigenvalue weighted by atomic mass is 10.3. The van der Waals surface area contributed by atoms with Crippen molar-refractivity contribution in [3.8, 4) is 0 Å². The summed E-state index contributed by atoms with van der Waals surface area (Å²) in [5, 5.41) is 4.04. The zero-order valence-electron chi connectivity index (χ0n) is 14.4. The normalized spacial score (nSPS) is 16.3. The van der Waals surface area contributed by atoms with Gasteiger partial charge in [0.05, 0.1) is 11.9 Å². The molecule has 24 heavy (non-hydrogen) atoms. The van der Waals surface area contributed by atoms with Gasteiger partial charge in [-0.1, -0.05) is 6.92 Å². The van der Waals surface area contributed by atoms with E-state index in [0.29, 0.717) is 13.1 Å². The number of nitrogens with zero attached hydrogens (tertiary/aromatic N) is 4. The highest BCUT2D eigenvalue weighted by Gasteiger charge is 2.20. The summed E-state index contributed by atoms with van der Waals surface area (Å²) in [7, 11) is 0. The zero-order chi connectivity index (χ0) is 16.9. The molecule has 7 heteroatoms. The number of carbonyl (C=O) groups is 1. The second kappa shape index (κ2) is 7.90. The number of anilines is 1. The molecule has 0 unspecified atom stereocenters. The number of hydrogen-bond acceptors (Lipinski definition) is 6. The van der Waals surface area contributed by atoms with Gasteiger partial charge in [-0.2, -0.15) is 0 Å². The number of aryl methyl sites for hydroxylation is 1. The SMILES string of the molecule is CCNC(=O)CN1CCCN(c2ncnc3sc(CC)cc23)CC1. The number of aromatic nitrogens is 2. The molecule has 2 aromatic heterocycles. The molecule has 0 atom stereocenters. The van der Waals surface area contributed by atoms with Crippen LogP contribution in [0.2, 0.25) is 0 Å². The molecule has 0 saturated carbocycles. The Hall–Kier alpha value is -1.73. The Morgan fingerprint density at radius 3 is 2.92 bits per heavy atom. The van der Waals surface area contributed by atoms with Gasteiger partial charge in [0.25, 0.3) is 0 Å². The van der Waals surface area contributed by atoms with E-state index in [1.165, 1.54) is 4.88 Å². The molecule has 1 fully saturated rings. The van der Waals surface area contributed by atoms with Crippen LogP contribution in [0.5, 0.6) is 0 Å². The number of likely N-dealkylation sites (N-methyl/N-ethyl adjacent to an activating group) is 1. The summed E-state index contributed by atoms with van der Waals surface area (Å²) in [6, 6.07) is 2.23. The summed E-state index contributed by atoms with van der Waals surface area (Å²) in [4.78, 5) is 27.8. The standard InChI is InChI=1S/C17H25N5OS/c1-3-13-10-14-16(19-12-20-17(14)24-13)22-7-5-6-21(8-9-22)11-15(23)18-4-2/h10,12H,3-9,11H2,1-2H3,(H,18,23). The summed E-state index contributed by atoms with van der Waals surface area (Å²) in [6.45, 7) is 8.99. The Kier molecular flexibility index (Phi) is 5.63. The highest BCUT2D eigenvalue weighted by atomic mass is 32.1. The molecule has 1 saturated heterocycles. The number of nitrogens with one attached hydrogen (secondary N) is 1. The minimum absolute atomic E-state index is 0.112. The van der Waals surface area contributed by atoms with Gasteiger partial charge in [0.2, 0.25) is 5.91 Å². The molecule has 6 nitrogen and oxygen atoms in total. The third kappa shape index (κ3) is 3.84. The fraction of sp³-hybridized carbons (Fsp3) is 0.588. The molecule has 3 rings (SSSR count). The number of rotatable bonds is 5. The van der Waals surface area contributed by atoms with Crippen molar-refractivity contribution in [3.63, 3.8) is 0 Å². The van der Waals surface area contributed by atoms with Crippen molar-refractivity contribution in [2.24, 2.45) is 0 Å². The first-order valence-corrected chi connectivity index (χ1v) is 9.50. The number of hydrogen-bond donors (Lipinski definition) is 1. The van der Waals surface area contributed by atoms with Crippen LogP contribution in [0.4, 0.5) is 5.82 Å². The highest BCUT2D eigenvalue weighted by Crippen LogP contribution is 2.30. The predicted molar refractivity (Wildman–Crippen MR) is 98.7 cm³/mol. The summed E-state index contributed by atoms with van der Waals surface area (Å²) in [6.07, 6.45) is 3.74. The van der Waals surface area contributed by atoms with Crippen molar-refractivity contribution >= 4 is 33.3 Å². The molecule has 1 amide bonds. The van der Waals surface area contributed by atoms with Gasteiger partial charge in [-0.05, 0) is 25.8 Å². The fourth-order valence-corrected chi connectivity index (χ4v) is 4.05. The second-order valence-electron chi connectivity index (χ2n) is 6.05. The molecule has 0 bridgehead atoms. The van der Waals surface area contributed by atoms with Crippen molar-refractivity contribution in [3.05, 3.63) is 17.3 Å². The van der Waals surface area contributed by atoms with Crippen LogP contribution in [0, 0.1) is 0 Å². The maximum Gasteiger partial charge on any atom is 0.234 e. The van der Waals surface area contributed by atoms with Crippen molar-refractivity contribution < 1.29 is 4.79 Å². The lowest BCUT2D eigenvalue weighted by molar-refractivity contribution is -0.122. The van der Waals surface area contributed by atoms with E-state index in [9.17, 15) is 4.79 Å². The molecule has 130 valence electrons. The van der Waals surface area contributed by atoms with Gasteiger partial charge in [-0.3, -0.25) is 9.69 Å². The van der Waals surface area contributed by atoms with Gasteiger partial charge < -0.3 is 10.2 Å². The van der Waals surface area contributed by atoms with E-state index in [1.54, 1.807) is 17.7 Å². The average molecular weight is 347 g/mol. The smallest absolute Gasteiger partial charge is 0.234 e. The van der Waals surface area contributed by atoms with Crippen LogP contribution in [0.3, 0.4) is 0 Å². The van der Waals surface area contributed by atoms with Crippen molar-refractivity contribution in [2.75, 3.05) is 44.2 Å². The Balaban J connectivity index is 1.72. The van der Waals surface area contributed by atoms with E-state index in [4.69, 9.17) is 0 Å². The van der Waals surface area contributed by atoms with E-state index >= 15 is 0 Å². The second-order valence-corrected chi connectivity index (χ2v) is 7.17. The maximum absolute atomic E-state index is 11.8. The Morgan fingerprint density at radius 1 is 1.25 bits per heavy atom. The van der Waals surface area contributed by atoms with Crippen LogP contribution in [0.1, 0.15) is 25.1 Å². The minimum atomic E-state index is 0.112. The minimum Gasteiger partial charge on any atom is -0.355 e. The van der Waals surface area contributed by atoms with Gasteiger partial charge in [-0.25, -0.2) is 9.97 Å². The number of thiophene rings is 1. The van der Waals surface area contributed by atoms with Gasteiger partial charge in [0, 0.05) is 37.6 Å². The largest absolute Gasteiger partial charge is 0.355 e. The van der Waals surface area contributed by atoms with E-state index in [2.05, 4.69) is 38.1 Å². The molecule has 0 aromatic carbocycles. The molecule has 3 heterocycles. The lowest BCUT2D eigenvalue weighted by Gasteiger charge is -2.22. The topological polar surface area (TPSA) is 61.4 Å². The van der Waals surface area contributed by atoms with Crippen LogP contribution in [0.15, 0.2) is 12.4 Å². The third-order valence-corrected chi connectivity index (χ3v) is 5.52. The number of fused-ring (bicyclic) bond motifs is 1. The van der Waals surface area contributed by atoms with E-state index in [1.807, 2.05) is 6.92 Å². The Bertz CT molecular complexity index is 701. The van der Waals surface area contributed by atoms with Crippen molar-refractivity contribution in [1.29, 1.82) is 0 Å². The molecule has 1 aliphatic rings. The number of amides is 1. The van der Waals surface area contributed by atoms with Crippen molar-refractivity contribution in [1.82, 2.24) is 20.2 Å². The summed E-state index contributed by atoms with van der Waals surface area (Å²) in [5.74, 6) is 1.15. The van der Waals surface area contributed by atoms with Gasteiger partial charge >= 0.3 is 0 Å². The monoisotopic (exact) mass is 347 g/mol. The molecule has 1 N–H and O–H groups in total. The average Bonchev–Trinajstić information content (AvgIpc) is 2.88. The first-order chi connectivity index (χ1) is 11.7. The fourth-order valence-electron chi connectivity index (χ4n) is 3.12. The van der Waals surface area contributed by atoms with Gasteiger partial charge in [0.15, 0.2) is 0 Å². The molecule has 0 radical (unpaired) electrons. The number of carbonyl (C=O) groups excluding carboxylic acids is 1. The third-order valence-electron chi connectivity index (χ3n) is 4.34. The van der Waals surface area contributed by atoms with Crippen LogP contribution in [-0.4, -0.2) is 60.0 Å². The van der Waals surface area contributed by atoms with E-state index < -0.39 is 0 Å². The first kappa shape index (κ1) is 17.1. The summed E-state index contributed by atoms with van der Waals surface area (Å²) >= 11 is 1.75. The first-order valence-electron chi connectivity index (χ1n) is 8.68. The molecular weight excluding hydrogens is 322 g/mol. The molecular formula is C17H25N5OS. The zero-order valence-corrected chi connectivity index (χ0v) is 15.2. The molecule has 1 aliphatic heterocycles. The van der Waals surface area contributed by atoms with E-state index in [-0.39, 0.29) is 5.91 Å². The van der Waals surface area contributed by atoms with Crippen LogP contribution < -0.4 is 10.2 Å². The van der Waals surface area contributed by atoms with Crippen molar-refractivity contribution in [2.45, 2.75) is 26.7 Å². The Labute approximate surface area is 146 Å². The molecule has 0 spiro atoms. The molecule has 2 aromatic rings. The van der Waals surface area contributed by atoms with Crippen LogP contribution in [0.25, 0.3) is 10.2 Å². The van der Waals surface area contributed by atoms with Crippen LogP contribution >= 0.6 is 11.3 Å². The molecule has 0 aliphatic carbocycles. The maximum atomic E-state index is 11.8. The highest BCUT2D eigenvalue weighted by molar-refractivity contribution is 7.18. The summed E-state index contributed by atoms with van der Waals surface area (Å²) in [5.41, 5.74) is 0. The Morgan fingerprint density at radius 2 is 2.12 bits per heavy atom. The summed E-state index contributed by atoms with van der Waals surface area (Å²) < 4.78 is 0. The van der Waals surface area contributed by atoms with Crippen LogP contribution in [-0.2, 0) is 11.2 Å². The van der Waals surface area contributed by atoms with Gasteiger partial charge in [0.1, 0.15) is 17.0 Å². The predicted octanol–water partition coefficient (Wildman–Crippen LogP) is 1.90.